The number of aromatic nitrogens is 2. The quantitative estimate of drug-likeness (QED) is 0.234. The molecule has 1 amide bonds. The molecule has 1 atom stereocenters. The van der Waals surface area contributed by atoms with Gasteiger partial charge in [0.25, 0.3) is 5.91 Å². The lowest BCUT2D eigenvalue weighted by Gasteiger charge is -2.31. The van der Waals surface area contributed by atoms with Gasteiger partial charge < -0.3 is 19.9 Å². The van der Waals surface area contributed by atoms with Crippen LogP contribution in [0.1, 0.15) is 27.2 Å². The Hall–Kier alpha value is -4.46. The van der Waals surface area contributed by atoms with Gasteiger partial charge in [-0.2, -0.15) is 13.2 Å². The van der Waals surface area contributed by atoms with Crippen molar-refractivity contribution in [2.24, 2.45) is 0 Å². The second-order valence-corrected chi connectivity index (χ2v) is 10.3. The molecule has 5 rings (SSSR count). The Labute approximate surface area is 245 Å². The summed E-state index contributed by atoms with van der Waals surface area (Å²) in [6, 6.07) is 8.94. The number of fused-ring (bicyclic) bond motifs is 2. The number of amides is 1. The molecule has 232 valence electrons. The Morgan fingerprint density at radius 1 is 1.09 bits per heavy atom. The zero-order chi connectivity index (χ0) is 31.9. The van der Waals surface area contributed by atoms with Crippen molar-refractivity contribution >= 4 is 16.8 Å². The number of aliphatic hydroxyl groups is 1. The van der Waals surface area contributed by atoms with Crippen molar-refractivity contribution < 1.29 is 50.1 Å². The number of nitrogens with zero attached hydrogens (tertiary/aromatic N) is 2. The number of hydrogen-bond acceptors (Lipinski definition) is 6. The van der Waals surface area contributed by atoms with Crippen LogP contribution in [0.15, 0.2) is 54.7 Å². The highest BCUT2D eigenvalue weighted by molar-refractivity contribution is 6.00. The first-order chi connectivity index (χ1) is 20.9. The fourth-order valence-electron chi connectivity index (χ4n) is 4.90. The number of hydrogen-bond donors (Lipinski definition) is 2. The van der Waals surface area contributed by atoms with Gasteiger partial charge in [0.15, 0.2) is 0 Å². The van der Waals surface area contributed by atoms with Crippen LogP contribution in [0, 0.1) is 5.82 Å². The molecule has 0 radical (unpaired) electrons. The molecule has 0 aliphatic carbocycles. The summed E-state index contributed by atoms with van der Waals surface area (Å²) >= 11 is 0. The predicted octanol–water partition coefficient (Wildman–Crippen LogP) is 5.66. The van der Waals surface area contributed by atoms with Gasteiger partial charge in [-0.3, -0.25) is 9.78 Å². The van der Waals surface area contributed by atoms with Gasteiger partial charge >= 0.3 is 6.18 Å². The number of benzene rings is 2. The fourth-order valence-corrected chi connectivity index (χ4v) is 4.90. The van der Waals surface area contributed by atoms with Crippen LogP contribution in [0.5, 0.6) is 11.5 Å². The van der Waals surface area contributed by atoms with Crippen LogP contribution in [0.2, 0.25) is 0 Å². The van der Waals surface area contributed by atoms with Crippen molar-refractivity contribution in [1.29, 1.82) is 0 Å². The minimum atomic E-state index is -5.46. The summed E-state index contributed by atoms with van der Waals surface area (Å²) < 4.78 is 110. The van der Waals surface area contributed by atoms with Crippen LogP contribution in [0.4, 0.5) is 30.7 Å². The molecule has 1 unspecified atom stereocenters. The van der Waals surface area contributed by atoms with Crippen molar-refractivity contribution in [3.05, 3.63) is 82.9 Å². The van der Waals surface area contributed by atoms with Crippen LogP contribution in [-0.2, 0) is 17.7 Å². The number of pyridine rings is 2. The van der Waals surface area contributed by atoms with Crippen LogP contribution < -0.4 is 14.8 Å². The molecule has 0 saturated carbocycles. The number of carbonyl (C=O) groups excluding carboxylic acids is 1. The molecule has 4 aromatic rings. The van der Waals surface area contributed by atoms with Crippen molar-refractivity contribution in [1.82, 2.24) is 15.3 Å². The van der Waals surface area contributed by atoms with E-state index >= 15 is 0 Å². The number of alkyl halides is 6. The maximum atomic E-state index is 14.6. The molecule has 2 N–H and O–H groups in total. The molecule has 7 nitrogen and oxygen atoms in total. The second-order valence-electron chi connectivity index (χ2n) is 10.3. The second kappa shape index (κ2) is 11.6. The zero-order valence-corrected chi connectivity index (χ0v) is 22.9. The van der Waals surface area contributed by atoms with Crippen LogP contribution in [-0.4, -0.2) is 60.8 Å². The van der Waals surface area contributed by atoms with Gasteiger partial charge in [0.05, 0.1) is 24.8 Å². The third-order valence-corrected chi connectivity index (χ3v) is 7.51. The molecule has 3 heterocycles. The molecule has 14 heteroatoms. The molecule has 1 aliphatic heterocycles. The molecule has 0 fully saturated rings. The topological polar surface area (TPSA) is 93.6 Å². The highest BCUT2D eigenvalue weighted by Gasteiger charge is 2.57. The number of methoxy groups -OCH3 is 1. The molecule has 1 aliphatic rings. The van der Waals surface area contributed by atoms with Crippen molar-refractivity contribution in [2.45, 2.75) is 23.9 Å². The Morgan fingerprint density at radius 2 is 1.80 bits per heavy atom. The van der Waals surface area contributed by atoms with E-state index in [2.05, 4.69) is 9.97 Å². The van der Waals surface area contributed by atoms with Crippen LogP contribution in [0.3, 0.4) is 0 Å². The minimum absolute atomic E-state index is 0.0519. The van der Waals surface area contributed by atoms with Gasteiger partial charge in [-0.15, -0.1) is 0 Å². The van der Waals surface area contributed by atoms with E-state index < -0.39 is 67.8 Å². The molecular formula is C30H24F7N3O4. The zero-order valence-electron chi connectivity index (χ0n) is 22.9. The highest BCUT2D eigenvalue weighted by atomic mass is 19.4. The number of halogens is 7. The fraction of sp³-hybridized carbons (Fsp3) is 0.300. The summed E-state index contributed by atoms with van der Waals surface area (Å²) in [5, 5.41) is 13.5. The standard InChI is InChI=1S/C30H24F7N3O4/c1-43-22-8-19(7-18-6-16(10-31)11-38-24(18)22)27(41)39-14-29(42,30(35,36)37)23-9-21-26(44-15-28(21,12-32)13-33)25(40-23)17-2-4-20(34)5-3-17/h2-9,11,42H,10,12-15H2,1H3,(H,39,41). The van der Waals surface area contributed by atoms with Crippen molar-refractivity contribution in [3.8, 4) is 22.8 Å². The molecular weight excluding hydrogens is 599 g/mol. The smallest absolute Gasteiger partial charge is 0.424 e. The number of nitrogens with one attached hydrogen (secondary N) is 1. The lowest BCUT2D eigenvalue weighted by Crippen LogP contribution is -2.51. The summed E-state index contributed by atoms with van der Waals surface area (Å²) in [5.74, 6) is -1.86. The first-order valence-corrected chi connectivity index (χ1v) is 13.1. The van der Waals surface area contributed by atoms with E-state index in [0.29, 0.717) is 6.07 Å². The Morgan fingerprint density at radius 3 is 2.41 bits per heavy atom. The number of ether oxygens (including phenoxy) is 2. The molecule has 0 spiro atoms. The largest absolute Gasteiger partial charge is 0.494 e. The molecule has 2 aromatic heterocycles. The maximum Gasteiger partial charge on any atom is 0.424 e. The van der Waals surface area contributed by atoms with E-state index in [1.165, 1.54) is 43.6 Å². The first-order valence-electron chi connectivity index (χ1n) is 13.1. The van der Waals surface area contributed by atoms with Gasteiger partial charge in [0.1, 0.15) is 55.2 Å². The predicted molar refractivity (Wildman–Crippen MR) is 144 cm³/mol. The summed E-state index contributed by atoms with van der Waals surface area (Å²) in [6.45, 7) is -5.56. The molecule has 0 saturated heterocycles. The van der Waals surface area contributed by atoms with Gasteiger partial charge in [0, 0.05) is 33.8 Å². The third-order valence-electron chi connectivity index (χ3n) is 7.51. The Kier molecular flexibility index (Phi) is 8.14. The SMILES string of the molecule is COc1cc(C(=O)NCC(O)(c2cc3c(c(-c4ccc(F)cc4)n2)OCC3(CF)CF)C(F)(F)F)cc2cc(CF)cnc12. The Balaban J connectivity index is 1.58. The average Bonchev–Trinajstić information content (AvgIpc) is 3.41. The van der Waals surface area contributed by atoms with E-state index in [1.807, 2.05) is 5.32 Å². The normalized spacial score (nSPS) is 15.4. The maximum absolute atomic E-state index is 14.6. The average molecular weight is 624 g/mol. The summed E-state index contributed by atoms with van der Waals surface area (Å²) in [7, 11) is 1.28. The van der Waals surface area contributed by atoms with Gasteiger partial charge in [-0.25, -0.2) is 22.5 Å². The highest BCUT2D eigenvalue weighted by Crippen LogP contribution is 2.48. The number of carbonyl (C=O) groups is 1. The summed E-state index contributed by atoms with van der Waals surface area (Å²) in [4.78, 5) is 21.2. The van der Waals surface area contributed by atoms with Gasteiger partial charge in [-0.05, 0) is 48.5 Å². The first kappa shape index (κ1) is 31.0. The van der Waals surface area contributed by atoms with Crippen LogP contribution in [0.25, 0.3) is 22.2 Å². The minimum Gasteiger partial charge on any atom is -0.494 e. The lowest BCUT2D eigenvalue weighted by molar-refractivity contribution is -0.265. The summed E-state index contributed by atoms with van der Waals surface area (Å²) in [6.07, 6.45) is -4.19. The number of rotatable bonds is 9. The van der Waals surface area contributed by atoms with Gasteiger partial charge in [0.2, 0.25) is 5.60 Å². The molecule has 0 bridgehead atoms. The van der Waals surface area contributed by atoms with E-state index in [-0.39, 0.29) is 50.3 Å². The molecule has 2 aromatic carbocycles. The van der Waals surface area contributed by atoms with Crippen molar-refractivity contribution in [2.75, 3.05) is 33.6 Å². The Bertz CT molecular complexity index is 1710. The lowest BCUT2D eigenvalue weighted by atomic mass is 9.82. The van der Waals surface area contributed by atoms with E-state index in [0.717, 1.165) is 12.1 Å². The van der Waals surface area contributed by atoms with Crippen molar-refractivity contribution in [3.63, 3.8) is 0 Å². The van der Waals surface area contributed by atoms with E-state index in [1.54, 1.807) is 0 Å². The summed E-state index contributed by atoms with van der Waals surface area (Å²) in [5.41, 5.74) is -7.22. The monoisotopic (exact) mass is 623 g/mol. The van der Waals surface area contributed by atoms with E-state index in [4.69, 9.17) is 9.47 Å². The third kappa shape index (κ3) is 5.27. The van der Waals surface area contributed by atoms with Crippen LogP contribution >= 0.6 is 0 Å². The van der Waals surface area contributed by atoms with Gasteiger partial charge in [-0.1, -0.05) is 0 Å². The van der Waals surface area contributed by atoms with E-state index in [9.17, 15) is 40.6 Å². The molecule has 44 heavy (non-hydrogen) atoms.